The maximum Gasteiger partial charge on any atom is 0.416 e. The van der Waals surface area contributed by atoms with Crippen molar-refractivity contribution in [3.8, 4) is 0 Å². The minimum Gasteiger partial charge on any atom is -0.323 e. The van der Waals surface area contributed by atoms with Gasteiger partial charge in [-0.15, -0.1) is 0 Å². The number of hydrogen-bond donors (Lipinski definition) is 1. The molecule has 1 saturated heterocycles. The molecule has 3 rings (SSSR count). The predicted molar refractivity (Wildman–Crippen MR) is 111 cm³/mol. The molecule has 1 fully saturated rings. The molecule has 1 aliphatic heterocycles. The van der Waals surface area contributed by atoms with Crippen LogP contribution in [0.4, 0.5) is 35.5 Å². The van der Waals surface area contributed by atoms with Crippen molar-refractivity contribution in [1.82, 2.24) is 15.1 Å². The fourth-order valence-corrected chi connectivity index (χ4v) is 4.11. The van der Waals surface area contributed by atoms with Crippen LogP contribution in [0.5, 0.6) is 0 Å². The molecule has 2 aromatic carbocycles. The van der Waals surface area contributed by atoms with Crippen LogP contribution in [-0.4, -0.2) is 42.5 Å². The number of halogens is 7. The Labute approximate surface area is 192 Å². The smallest absolute Gasteiger partial charge is 0.323 e. The highest BCUT2D eigenvalue weighted by Gasteiger charge is 2.37. The number of nitrogens with zero attached hydrogens (tertiary/aromatic N) is 2. The molecule has 11 heteroatoms. The van der Waals surface area contributed by atoms with Crippen molar-refractivity contribution in [3.05, 3.63) is 70.0 Å². The first-order valence-corrected chi connectivity index (χ1v) is 10.5. The Bertz CT molecular complexity index is 1000. The van der Waals surface area contributed by atoms with Crippen LogP contribution < -0.4 is 5.32 Å². The molecule has 0 unspecified atom stereocenters. The zero-order valence-electron chi connectivity index (χ0n) is 18.5. The fraction of sp³-hybridized carbons (Fsp3) is 0.435. The summed E-state index contributed by atoms with van der Waals surface area (Å²) < 4.78 is 92.7. The van der Waals surface area contributed by atoms with Crippen LogP contribution in [0.3, 0.4) is 0 Å². The normalized spacial score (nSPS) is 17.4. The fourth-order valence-electron chi connectivity index (χ4n) is 4.11. The summed E-state index contributed by atoms with van der Waals surface area (Å²) in [4.78, 5) is 15.9. The number of benzene rings is 2. The second kappa shape index (κ2) is 9.81. The van der Waals surface area contributed by atoms with E-state index in [9.17, 15) is 35.5 Å². The van der Waals surface area contributed by atoms with Crippen LogP contribution in [0.15, 0.2) is 36.4 Å². The van der Waals surface area contributed by atoms with E-state index in [1.165, 1.54) is 24.1 Å². The van der Waals surface area contributed by atoms with Crippen LogP contribution in [0.1, 0.15) is 40.3 Å². The van der Waals surface area contributed by atoms with E-state index in [1.807, 2.05) is 0 Å². The minimum absolute atomic E-state index is 0.0547. The third-order valence-electron chi connectivity index (χ3n) is 5.73. The largest absolute Gasteiger partial charge is 0.416 e. The molecular formula is C23H24F7N3O. The number of nitrogens with one attached hydrogen (secondary N) is 1. The standard InChI is InChI=1S/C23H24F7N3O/c1-14-9-18(24)3-4-19(14)20-5-6-31-7-8-33(20)21(34)32(2)13-15-10-16(22(25,26)27)12-17(11-15)23(28,29)30/h3-4,9-12,20,31H,5-8,13H2,1-2H3/t20-/m1/s1. The van der Waals surface area contributed by atoms with E-state index >= 15 is 0 Å². The molecule has 2 aromatic rings. The van der Waals surface area contributed by atoms with Gasteiger partial charge in [0.1, 0.15) is 5.82 Å². The first kappa shape index (κ1) is 25.8. The number of carbonyl (C=O) groups is 1. The summed E-state index contributed by atoms with van der Waals surface area (Å²) in [5.74, 6) is -0.423. The van der Waals surface area contributed by atoms with Crippen LogP contribution in [0.25, 0.3) is 0 Å². The van der Waals surface area contributed by atoms with Crippen molar-refractivity contribution in [1.29, 1.82) is 0 Å². The van der Waals surface area contributed by atoms with Crippen molar-refractivity contribution in [2.75, 3.05) is 26.7 Å². The first-order chi connectivity index (χ1) is 15.8. The predicted octanol–water partition coefficient (Wildman–Crippen LogP) is 5.76. The van der Waals surface area contributed by atoms with Gasteiger partial charge in [-0.05, 0) is 66.9 Å². The molecule has 1 aliphatic rings. The molecular weight excluding hydrogens is 467 g/mol. The first-order valence-electron chi connectivity index (χ1n) is 10.5. The number of carbonyl (C=O) groups excluding carboxylic acids is 1. The lowest BCUT2D eigenvalue weighted by molar-refractivity contribution is -0.143. The Balaban J connectivity index is 1.90. The maximum atomic E-state index is 13.6. The van der Waals surface area contributed by atoms with Gasteiger partial charge in [0, 0.05) is 26.7 Å². The van der Waals surface area contributed by atoms with E-state index in [2.05, 4.69) is 5.32 Å². The van der Waals surface area contributed by atoms with Crippen LogP contribution in [0.2, 0.25) is 0 Å². The molecule has 2 amide bonds. The van der Waals surface area contributed by atoms with Gasteiger partial charge in [0.25, 0.3) is 0 Å². The van der Waals surface area contributed by atoms with E-state index in [0.29, 0.717) is 37.2 Å². The number of hydrogen-bond acceptors (Lipinski definition) is 2. The number of alkyl halides is 6. The topological polar surface area (TPSA) is 35.6 Å². The molecule has 0 radical (unpaired) electrons. The van der Waals surface area contributed by atoms with Crippen LogP contribution in [-0.2, 0) is 18.9 Å². The Hall–Kier alpha value is -2.82. The molecule has 1 heterocycles. The van der Waals surface area contributed by atoms with Crippen LogP contribution >= 0.6 is 0 Å². The molecule has 1 N–H and O–H groups in total. The van der Waals surface area contributed by atoms with Gasteiger partial charge in [-0.3, -0.25) is 0 Å². The van der Waals surface area contributed by atoms with Gasteiger partial charge >= 0.3 is 18.4 Å². The molecule has 4 nitrogen and oxygen atoms in total. The highest BCUT2D eigenvalue weighted by Crippen LogP contribution is 2.37. The molecule has 0 aliphatic carbocycles. The summed E-state index contributed by atoms with van der Waals surface area (Å²) in [6.45, 7) is 2.56. The number of rotatable bonds is 3. The van der Waals surface area contributed by atoms with Crippen molar-refractivity contribution >= 4 is 6.03 Å². The summed E-state index contributed by atoms with van der Waals surface area (Å²) in [5.41, 5.74) is -1.79. The Kier molecular flexibility index (Phi) is 7.44. The van der Waals surface area contributed by atoms with Gasteiger partial charge in [-0.1, -0.05) is 6.07 Å². The molecule has 186 valence electrons. The third kappa shape index (κ3) is 5.99. The van der Waals surface area contributed by atoms with Gasteiger partial charge in [0.15, 0.2) is 0 Å². The Morgan fingerprint density at radius 1 is 1.03 bits per heavy atom. The Morgan fingerprint density at radius 2 is 1.65 bits per heavy atom. The van der Waals surface area contributed by atoms with Crippen molar-refractivity contribution < 1.29 is 35.5 Å². The molecule has 0 spiro atoms. The average Bonchev–Trinajstić information content (AvgIpc) is 2.97. The van der Waals surface area contributed by atoms with Crippen molar-refractivity contribution in [3.63, 3.8) is 0 Å². The van der Waals surface area contributed by atoms with Gasteiger partial charge in [-0.25, -0.2) is 9.18 Å². The highest BCUT2D eigenvalue weighted by atomic mass is 19.4. The molecule has 0 aromatic heterocycles. The van der Waals surface area contributed by atoms with Crippen molar-refractivity contribution in [2.24, 2.45) is 0 Å². The van der Waals surface area contributed by atoms with Gasteiger partial charge < -0.3 is 15.1 Å². The van der Waals surface area contributed by atoms with E-state index in [4.69, 9.17) is 0 Å². The second-order valence-corrected chi connectivity index (χ2v) is 8.30. The number of urea groups is 1. The zero-order valence-corrected chi connectivity index (χ0v) is 18.5. The summed E-state index contributed by atoms with van der Waals surface area (Å²) in [6.07, 6.45) is -9.44. The average molecular weight is 491 g/mol. The SMILES string of the molecule is Cc1cc(F)ccc1[C@H]1CCNCCN1C(=O)N(C)Cc1cc(C(F)(F)F)cc(C(F)(F)F)c1. The third-order valence-corrected chi connectivity index (χ3v) is 5.73. The van der Waals surface area contributed by atoms with Crippen LogP contribution in [0, 0.1) is 12.7 Å². The van der Waals surface area contributed by atoms with E-state index in [1.54, 1.807) is 13.0 Å². The summed E-state index contributed by atoms with van der Waals surface area (Å²) in [5, 5.41) is 3.16. The molecule has 1 atom stereocenters. The lowest BCUT2D eigenvalue weighted by atomic mass is 9.97. The van der Waals surface area contributed by atoms with E-state index < -0.39 is 47.9 Å². The molecule has 0 saturated carbocycles. The lowest BCUT2D eigenvalue weighted by Crippen LogP contribution is -2.44. The van der Waals surface area contributed by atoms with Crippen molar-refractivity contribution in [2.45, 2.75) is 38.3 Å². The van der Waals surface area contributed by atoms with E-state index in [0.717, 1.165) is 10.5 Å². The van der Waals surface area contributed by atoms with Gasteiger partial charge in [-0.2, -0.15) is 26.3 Å². The monoisotopic (exact) mass is 491 g/mol. The Morgan fingerprint density at radius 3 is 2.21 bits per heavy atom. The highest BCUT2D eigenvalue weighted by molar-refractivity contribution is 5.75. The maximum absolute atomic E-state index is 13.6. The quantitative estimate of drug-likeness (QED) is 0.555. The summed E-state index contributed by atoms with van der Waals surface area (Å²) in [7, 11) is 1.32. The van der Waals surface area contributed by atoms with Gasteiger partial charge in [0.2, 0.25) is 0 Å². The zero-order chi connectivity index (χ0) is 25.3. The second-order valence-electron chi connectivity index (χ2n) is 8.30. The van der Waals surface area contributed by atoms with Gasteiger partial charge in [0.05, 0.1) is 17.2 Å². The summed E-state index contributed by atoms with van der Waals surface area (Å²) >= 11 is 0. The number of aryl methyl sites for hydroxylation is 1. The summed E-state index contributed by atoms with van der Waals surface area (Å²) in [6, 6.07) is 4.52. The van der Waals surface area contributed by atoms with E-state index in [-0.39, 0.29) is 18.2 Å². The number of amides is 2. The minimum atomic E-state index is -4.97. The molecule has 34 heavy (non-hydrogen) atoms. The molecule has 0 bridgehead atoms. The lowest BCUT2D eigenvalue weighted by Gasteiger charge is -2.34.